The van der Waals surface area contributed by atoms with Gasteiger partial charge in [0.1, 0.15) is 13.4 Å². The summed E-state index contributed by atoms with van der Waals surface area (Å²) < 4.78 is 5.03. The quantitative estimate of drug-likeness (QED) is 0.623. The largest absolute Gasteiger partial charge is 0.464 e. The van der Waals surface area contributed by atoms with Gasteiger partial charge >= 0.3 is 5.97 Å². The second-order valence-corrected chi connectivity index (χ2v) is 4.77. The van der Waals surface area contributed by atoms with Crippen molar-refractivity contribution in [3.05, 3.63) is 23.8 Å². The Balaban J connectivity index is 2.82. The van der Waals surface area contributed by atoms with Crippen LogP contribution in [0, 0.1) is 6.92 Å². The van der Waals surface area contributed by atoms with Gasteiger partial charge in [0.2, 0.25) is 0 Å². The summed E-state index contributed by atoms with van der Waals surface area (Å²) in [6.07, 6.45) is 0. The first kappa shape index (κ1) is 13.6. The van der Waals surface area contributed by atoms with E-state index in [2.05, 4.69) is 20.1 Å². The van der Waals surface area contributed by atoms with E-state index in [9.17, 15) is 4.79 Å². The molecule has 0 saturated heterocycles. The number of esters is 1. The lowest BCUT2D eigenvalue weighted by atomic mass is 9.91. The summed E-state index contributed by atoms with van der Waals surface area (Å²) in [7, 11) is 2.07. The van der Waals surface area contributed by atoms with E-state index in [1.807, 2.05) is 39.0 Å². The van der Waals surface area contributed by atoms with Crippen molar-refractivity contribution in [2.45, 2.75) is 33.2 Å². The Labute approximate surface area is 104 Å². The molecule has 1 aromatic rings. The van der Waals surface area contributed by atoms with Gasteiger partial charge in [-0.3, -0.25) is 0 Å². The van der Waals surface area contributed by atoms with Gasteiger partial charge in [-0.25, -0.2) is 4.79 Å². The lowest BCUT2D eigenvalue weighted by Gasteiger charge is -2.25. The summed E-state index contributed by atoms with van der Waals surface area (Å²) in [5.74, 6) is -0.238. The molecule has 0 aliphatic heterocycles. The number of carbonyl (C=O) groups is 1. The molecule has 1 N–H and O–H groups in total. The number of hydrogen-bond donors (Lipinski definition) is 1. The van der Waals surface area contributed by atoms with Crippen LogP contribution in [0.5, 0.6) is 0 Å². The highest BCUT2D eigenvalue weighted by Gasteiger charge is 2.28. The maximum Gasteiger partial charge on any atom is 0.331 e. The molecular weight excluding hydrogens is 213 g/mol. The molecule has 0 bridgehead atoms. The highest BCUT2D eigenvalue weighted by atomic mass is 16.5. The summed E-state index contributed by atoms with van der Waals surface area (Å²) in [5.41, 5.74) is 2.67. The second-order valence-electron chi connectivity index (χ2n) is 4.77. The van der Waals surface area contributed by atoms with Gasteiger partial charge in [-0.2, -0.15) is 0 Å². The zero-order chi connectivity index (χ0) is 13.1. The van der Waals surface area contributed by atoms with Crippen molar-refractivity contribution in [3.63, 3.8) is 0 Å². The third kappa shape index (κ3) is 3.51. The normalized spacial score (nSPS) is 11.1. The summed E-state index contributed by atoms with van der Waals surface area (Å²) in [5, 5.41) is 3.20. The second kappa shape index (κ2) is 5.26. The zero-order valence-corrected chi connectivity index (χ0v) is 11.3. The SMILES string of the molecule is Bc1ccc(NC(C)(C)C(=O)OCC)cc1C. The fourth-order valence-electron chi connectivity index (χ4n) is 1.54. The number of rotatable bonds is 4. The Kier molecular flexibility index (Phi) is 4.21. The van der Waals surface area contributed by atoms with Crippen LogP contribution in [0.3, 0.4) is 0 Å². The van der Waals surface area contributed by atoms with E-state index in [4.69, 9.17) is 4.74 Å². The molecule has 3 nitrogen and oxygen atoms in total. The third-order valence-electron chi connectivity index (χ3n) is 2.75. The van der Waals surface area contributed by atoms with E-state index < -0.39 is 5.54 Å². The number of nitrogens with one attached hydrogen (secondary N) is 1. The predicted octanol–water partition coefficient (Wildman–Crippen LogP) is 1.01. The van der Waals surface area contributed by atoms with E-state index in [0.29, 0.717) is 6.61 Å². The van der Waals surface area contributed by atoms with E-state index in [0.717, 1.165) is 5.69 Å². The van der Waals surface area contributed by atoms with Crippen LogP contribution < -0.4 is 10.8 Å². The summed E-state index contributed by atoms with van der Waals surface area (Å²) >= 11 is 0. The molecule has 1 rings (SSSR count). The van der Waals surface area contributed by atoms with Crippen LogP contribution in [0.4, 0.5) is 5.69 Å². The fraction of sp³-hybridized carbons (Fsp3) is 0.462. The predicted molar refractivity (Wildman–Crippen MR) is 73.7 cm³/mol. The van der Waals surface area contributed by atoms with Crippen molar-refractivity contribution < 1.29 is 9.53 Å². The van der Waals surface area contributed by atoms with Crippen molar-refractivity contribution in [1.82, 2.24) is 0 Å². The van der Waals surface area contributed by atoms with E-state index in [-0.39, 0.29) is 5.97 Å². The van der Waals surface area contributed by atoms with Gasteiger partial charge in [-0.15, -0.1) is 0 Å². The van der Waals surface area contributed by atoms with E-state index in [1.165, 1.54) is 11.0 Å². The van der Waals surface area contributed by atoms with Crippen LogP contribution in [0.1, 0.15) is 26.3 Å². The van der Waals surface area contributed by atoms with Crippen LogP contribution in [0.15, 0.2) is 18.2 Å². The molecule has 92 valence electrons. The molecule has 0 unspecified atom stereocenters. The standard InChI is InChI=1S/C13H20BNO2/c1-5-17-12(16)13(3,4)15-10-6-7-11(14)9(2)8-10/h6-8,15H,5,14H2,1-4H3. The Morgan fingerprint density at radius 2 is 2.12 bits per heavy atom. The van der Waals surface area contributed by atoms with Crippen LogP contribution in [-0.4, -0.2) is 26.0 Å². The lowest BCUT2D eigenvalue weighted by molar-refractivity contribution is -0.147. The van der Waals surface area contributed by atoms with Gasteiger partial charge in [-0.1, -0.05) is 17.1 Å². The molecule has 0 atom stereocenters. The Hall–Kier alpha value is -1.45. The molecule has 4 heteroatoms. The summed E-state index contributed by atoms with van der Waals surface area (Å²) in [6.45, 7) is 7.90. The molecule has 0 saturated carbocycles. The summed E-state index contributed by atoms with van der Waals surface area (Å²) in [6, 6.07) is 6.05. The third-order valence-corrected chi connectivity index (χ3v) is 2.75. The molecule has 0 aromatic heterocycles. The number of aryl methyl sites for hydroxylation is 1. The minimum atomic E-state index is -0.711. The van der Waals surface area contributed by atoms with Crippen molar-refractivity contribution in [1.29, 1.82) is 0 Å². The highest BCUT2D eigenvalue weighted by molar-refractivity contribution is 6.33. The minimum absolute atomic E-state index is 0.238. The van der Waals surface area contributed by atoms with Gasteiger partial charge in [0.25, 0.3) is 0 Å². The molecule has 0 radical (unpaired) electrons. The number of carbonyl (C=O) groups excluding carboxylic acids is 1. The molecule has 0 aliphatic rings. The van der Waals surface area contributed by atoms with Crippen LogP contribution in [0.2, 0.25) is 0 Å². The average molecular weight is 233 g/mol. The first-order valence-electron chi connectivity index (χ1n) is 5.89. The monoisotopic (exact) mass is 233 g/mol. The summed E-state index contributed by atoms with van der Waals surface area (Å²) in [4.78, 5) is 11.7. The van der Waals surface area contributed by atoms with Crippen molar-refractivity contribution in [2.24, 2.45) is 0 Å². The Morgan fingerprint density at radius 3 is 2.65 bits per heavy atom. The number of ether oxygens (including phenoxy) is 1. The molecule has 0 spiro atoms. The highest BCUT2D eigenvalue weighted by Crippen LogP contribution is 2.16. The first-order valence-corrected chi connectivity index (χ1v) is 5.89. The Morgan fingerprint density at radius 1 is 1.47 bits per heavy atom. The van der Waals surface area contributed by atoms with Crippen LogP contribution >= 0.6 is 0 Å². The Bertz CT molecular complexity index is 416. The van der Waals surface area contributed by atoms with Crippen molar-refractivity contribution in [2.75, 3.05) is 11.9 Å². The number of benzene rings is 1. The molecule has 0 heterocycles. The molecule has 0 fully saturated rings. The van der Waals surface area contributed by atoms with Crippen LogP contribution in [0.25, 0.3) is 0 Å². The number of hydrogen-bond acceptors (Lipinski definition) is 3. The molecular formula is C13H20BNO2. The minimum Gasteiger partial charge on any atom is -0.464 e. The maximum atomic E-state index is 11.7. The molecule has 1 aromatic carbocycles. The molecule has 0 amide bonds. The van der Waals surface area contributed by atoms with Crippen molar-refractivity contribution >= 4 is 25.0 Å². The van der Waals surface area contributed by atoms with Gasteiger partial charge < -0.3 is 10.1 Å². The van der Waals surface area contributed by atoms with E-state index in [1.54, 1.807) is 0 Å². The van der Waals surface area contributed by atoms with Crippen molar-refractivity contribution in [3.8, 4) is 0 Å². The smallest absolute Gasteiger partial charge is 0.331 e. The molecule has 17 heavy (non-hydrogen) atoms. The maximum absolute atomic E-state index is 11.7. The average Bonchev–Trinajstić information content (AvgIpc) is 2.23. The van der Waals surface area contributed by atoms with Gasteiger partial charge in [-0.05, 0) is 39.8 Å². The van der Waals surface area contributed by atoms with Gasteiger partial charge in [0, 0.05) is 5.69 Å². The number of anilines is 1. The lowest BCUT2D eigenvalue weighted by Crippen LogP contribution is -2.41. The van der Waals surface area contributed by atoms with E-state index >= 15 is 0 Å². The van der Waals surface area contributed by atoms with Gasteiger partial charge in [0.15, 0.2) is 0 Å². The zero-order valence-electron chi connectivity index (χ0n) is 11.3. The van der Waals surface area contributed by atoms with Gasteiger partial charge in [0.05, 0.1) is 6.61 Å². The fourth-order valence-corrected chi connectivity index (χ4v) is 1.54. The van der Waals surface area contributed by atoms with Crippen LogP contribution in [-0.2, 0) is 9.53 Å². The molecule has 0 aliphatic carbocycles. The first-order chi connectivity index (χ1) is 7.86. The topological polar surface area (TPSA) is 38.3 Å².